The Morgan fingerprint density at radius 2 is 1.71 bits per heavy atom. The lowest BCUT2D eigenvalue weighted by atomic mass is 10.0. The van der Waals surface area contributed by atoms with Crippen LogP contribution in [0.4, 0.5) is 0 Å². The molecule has 3 rings (SSSR count). The molecule has 7 heteroatoms. The molecule has 0 atom stereocenters. The molecule has 0 aliphatic carbocycles. The van der Waals surface area contributed by atoms with Crippen LogP contribution in [0.1, 0.15) is 57.4 Å². The van der Waals surface area contributed by atoms with Crippen molar-refractivity contribution in [1.82, 2.24) is 9.55 Å². The molecule has 3 aromatic rings. The molecule has 0 amide bonds. The highest BCUT2D eigenvalue weighted by Crippen LogP contribution is 2.35. The molecular formula is C21H21ClN2O4. The average molecular weight is 401 g/mol. The summed E-state index contributed by atoms with van der Waals surface area (Å²) in [5.41, 5.74) is 3.22. The summed E-state index contributed by atoms with van der Waals surface area (Å²) in [4.78, 5) is 28.0. The van der Waals surface area contributed by atoms with Crippen LogP contribution in [0.25, 0.3) is 16.7 Å². The minimum Gasteiger partial charge on any atom is -0.478 e. The Bertz CT molecular complexity index is 1080. The van der Waals surface area contributed by atoms with Gasteiger partial charge in [-0.15, -0.1) is 0 Å². The first-order valence-electron chi connectivity index (χ1n) is 9.04. The summed E-state index contributed by atoms with van der Waals surface area (Å²) in [5.74, 6) is -1.36. The Hall–Kier alpha value is -2.86. The molecule has 0 radical (unpaired) electrons. The molecule has 1 aromatic heterocycles. The highest BCUT2D eigenvalue weighted by atomic mass is 35.5. The lowest BCUT2D eigenvalue weighted by Crippen LogP contribution is -2.08. The van der Waals surface area contributed by atoms with Gasteiger partial charge in [-0.05, 0) is 55.7 Å². The number of fused-ring (bicyclic) bond motifs is 1. The third-order valence-corrected chi connectivity index (χ3v) is 5.48. The van der Waals surface area contributed by atoms with E-state index in [1.165, 1.54) is 12.1 Å². The van der Waals surface area contributed by atoms with Crippen molar-refractivity contribution in [2.45, 2.75) is 40.0 Å². The fraction of sp³-hybridized carbons (Fsp3) is 0.286. The topological polar surface area (TPSA) is 92.4 Å². The molecule has 0 saturated heterocycles. The van der Waals surface area contributed by atoms with E-state index in [9.17, 15) is 14.7 Å². The first kappa shape index (κ1) is 19.9. The number of imidazole rings is 1. The van der Waals surface area contributed by atoms with Gasteiger partial charge >= 0.3 is 11.9 Å². The molecule has 0 saturated carbocycles. The van der Waals surface area contributed by atoms with Crippen LogP contribution in [0.2, 0.25) is 5.02 Å². The largest absolute Gasteiger partial charge is 0.478 e. The summed E-state index contributed by atoms with van der Waals surface area (Å²) in [6, 6.07) is 6.35. The Morgan fingerprint density at radius 3 is 2.25 bits per heavy atom. The van der Waals surface area contributed by atoms with Gasteiger partial charge in [0.1, 0.15) is 5.82 Å². The van der Waals surface area contributed by atoms with E-state index >= 15 is 0 Å². The Balaban J connectivity index is 2.40. The number of rotatable bonds is 6. The number of halogens is 1. The predicted octanol–water partition coefficient (Wildman–Crippen LogP) is 5.03. The van der Waals surface area contributed by atoms with Crippen molar-refractivity contribution in [3.63, 3.8) is 0 Å². The summed E-state index contributed by atoms with van der Waals surface area (Å²) in [5, 5.41) is 19.4. The minimum absolute atomic E-state index is 0.114. The molecule has 6 nitrogen and oxygen atoms in total. The van der Waals surface area contributed by atoms with E-state index in [-0.39, 0.29) is 11.1 Å². The van der Waals surface area contributed by atoms with Crippen molar-refractivity contribution >= 4 is 34.6 Å². The second kappa shape index (κ2) is 7.64. The second-order valence-corrected chi connectivity index (χ2v) is 7.14. The van der Waals surface area contributed by atoms with Crippen molar-refractivity contribution in [2.24, 2.45) is 0 Å². The average Bonchev–Trinajstić information content (AvgIpc) is 3.03. The van der Waals surface area contributed by atoms with E-state index in [2.05, 4.69) is 6.92 Å². The zero-order valence-electron chi connectivity index (χ0n) is 15.9. The van der Waals surface area contributed by atoms with E-state index in [0.717, 1.165) is 24.2 Å². The van der Waals surface area contributed by atoms with Gasteiger partial charge in [0.2, 0.25) is 0 Å². The normalized spacial score (nSPS) is 11.1. The van der Waals surface area contributed by atoms with Crippen LogP contribution in [0.3, 0.4) is 0 Å². The van der Waals surface area contributed by atoms with E-state index in [4.69, 9.17) is 21.7 Å². The molecule has 0 aliphatic heterocycles. The summed E-state index contributed by atoms with van der Waals surface area (Å²) < 4.78 is 1.82. The smallest absolute Gasteiger partial charge is 0.338 e. The summed E-state index contributed by atoms with van der Waals surface area (Å²) in [6.45, 7) is 5.59. The van der Waals surface area contributed by atoms with Gasteiger partial charge < -0.3 is 10.2 Å². The second-order valence-electron chi connectivity index (χ2n) is 6.76. The number of aromatic carboxylic acids is 2. The maximum atomic E-state index is 12.1. The zero-order chi connectivity index (χ0) is 20.6. The monoisotopic (exact) mass is 400 g/mol. The number of nitrogens with zero attached hydrogens (tertiary/aromatic N) is 2. The van der Waals surface area contributed by atoms with Gasteiger partial charge in [-0.3, -0.25) is 4.57 Å². The highest BCUT2D eigenvalue weighted by Gasteiger charge is 2.25. The number of carboxylic acid groups (broad SMARTS) is 2. The van der Waals surface area contributed by atoms with Gasteiger partial charge in [0.25, 0.3) is 0 Å². The van der Waals surface area contributed by atoms with Crippen molar-refractivity contribution in [3.8, 4) is 5.69 Å². The van der Waals surface area contributed by atoms with Gasteiger partial charge in [-0.1, -0.05) is 24.9 Å². The van der Waals surface area contributed by atoms with Crippen molar-refractivity contribution < 1.29 is 19.8 Å². The standard InChI is InChI=1S/C21H21ClN2O4/c1-4-5-6-15-23-18-12(3)17(22)11(2)16(21(27)28)19(18)24(15)14-9-7-13(8-10-14)20(25)26/h7-10H,4-6H2,1-3H3,(H,25,26)(H,27,28). The summed E-state index contributed by atoms with van der Waals surface area (Å²) in [7, 11) is 0. The van der Waals surface area contributed by atoms with Crippen LogP contribution in [0, 0.1) is 13.8 Å². The summed E-state index contributed by atoms with van der Waals surface area (Å²) >= 11 is 6.40. The van der Waals surface area contributed by atoms with Crippen LogP contribution in [-0.4, -0.2) is 31.7 Å². The predicted molar refractivity (Wildman–Crippen MR) is 108 cm³/mol. The van der Waals surface area contributed by atoms with Crippen LogP contribution < -0.4 is 0 Å². The SMILES string of the molecule is CCCCc1nc2c(C)c(Cl)c(C)c(C(=O)O)c2n1-c1ccc(C(=O)O)cc1. The first-order valence-corrected chi connectivity index (χ1v) is 9.42. The molecule has 0 spiro atoms. The number of benzene rings is 2. The first-order chi connectivity index (χ1) is 13.3. The van der Waals surface area contributed by atoms with Gasteiger partial charge in [0.05, 0.1) is 22.2 Å². The zero-order valence-corrected chi connectivity index (χ0v) is 16.7. The van der Waals surface area contributed by atoms with Crippen LogP contribution in [0.15, 0.2) is 24.3 Å². The van der Waals surface area contributed by atoms with Crippen LogP contribution in [0.5, 0.6) is 0 Å². The van der Waals surface area contributed by atoms with Crippen LogP contribution >= 0.6 is 11.6 Å². The number of aromatic nitrogens is 2. The van der Waals surface area contributed by atoms with Crippen molar-refractivity contribution in [2.75, 3.05) is 0 Å². The number of hydrogen-bond acceptors (Lipinski definition) is 3. The molecule has 146 valence electrons. The van der Waals surface area contributed by atoms with E-state index in [0.29, 0.717) is 33.7 Å². The molecule has 0 fully saturated rings. The van der Waals surface area contributed by atoms with E-state index in [1.54, 1.807) is 19.1 Å². The molecule has 1 heterocycles. The van der Waals surface area contributed by atoms with Gasteiger partial charge in [-0.25, -0.2) is 14.6 Å². The third-order valence-electron chi connectivity index (χ3n) is 4.91. The van der Waals surface area contributed by atoms with Crippen molar-refractivity contribution in [1.29, 1.82) is 0 Å². The highest BCUT2D eigenvalue weighted by molar-refractivity contribution is 6.34. The molecule has 0 aliphatic rings. The van der Waals surface area contributed by atoms with Crippen LogP contribution in [-0.2, 0) is 6.42 Å². The number of carbonyl (C=O) groups is 2. The Kier molecular flexibility index (Phi) is 5.42. The van der Waals surface area contributed by atoms with Crippen molar-refractivity contribution in [3.05, 3.63) is 57.4 Å². The number of aryl methyl sites for hydroxylation is 2. The lowest BCUT2D eigenvalue weighted by Gasteiger charge is -2.14. The maximum absolute atomic E-state index is 12.1. The molecular weight excluding hydrogens is 380 g/mol. The number of carboxylic acids is 2. The quantitative estimate of drug-likeness (QED) is 0.605. The maximum Gasteiger partial charge on any atom is 0.338 e. The number of unbranched alkanes of at least 4 members (excludes halogenated alkanes) is 1. The number of hydrogen-bond donors (Lipinski definition) is 2. The molecule has 0 unspecified atom stereocenters. The molecule has 28 heavy (non-hydrogen) atoms. The molecule has 2 N–H and O–H groups in total. The lowest BCUT2D eigenvalue weighted by molar-refractivity contribution is 0.0686. The minimum atomic E-state index is -1.07. The van der Waals surface area contributed by atoms with Gasteiger partial charge in [0.15, 0.2) is 0 Å². The third kappa shape index (κ3) is 3.24. The molecule has 2 aromatic carbocycles. The van der Waals surface area contributed by atoms with Gasteiger partial charge in [-0.2, -0.15) is 0 Å². The fourth-order valence-electron chi connectivity index (χ4n) is 3.43. The Morgan fingerprint density at radius 1 is 1.07 bits per heavy atom. The van der Waals surface area contributed by atoms with Gasteiger partial charge in [0, 0.05) is 17.1 Å². The Labute approximate surface area is 167 Å². The van der Waals surface area contributed by atoms with E-state index in [1.807, 2.05) is 11.5 Å². The summed E-state index contributed by atoms with van der Waals surface area (Å²) in [6.07, 6.45) is 2.53. The van der Waals surface area contributed by atoms with E-state index < -0.39 is 11.9 Å². The fourth-order valence-corrected chi connectivity index (χ4v) is 3.61. The molecule has 0 bridgehead atoms.